The third-order valence-corrected chi connectivity index (χ3v) is 4.22. The van der Waals surface area contributed by atoms with Gasteiger partial charge in [0.25, 0.3) is 5.91 Å². The van der Waals surface area contributed by atoms with Crippen molar-refractivity contribution in [3.63, 3.8) is 0 Å². The van der Waals surface area contributed by atoms with E-state index in [1.54, 1.807) is 0 Å². The Balaban J connectivity index is 1.43. The van der Waals surface area contributed by atoms with E-state index in [0.29, 0.717) is 24.8 Å². The molecule has 1 amide bonds. The molecule has 0 saturated carbocycles. The third-order valence-electron chi connectivity index (χ3n) is 4.22. The maximum absolute atomic E-state index is 12.1. The molecule has 5 heteroatoms. The number of aromatic nitrogens is 2. The summed E-state index contributed by atoms with van der Waals surface area (Å²) in [7, 11) is 0. The molecule has 2 N–H and O–H groups in total. The van der Waals surface area contributed by atoms with E-state index in [1.165, 1.54) is 24.0 Å². The standard InChI is InChI=1S/C19H25N3O2/c1-13(2)10-16-12-18(22-21-16)19(23)20-8-9-24-17-7-6-14-4-3-5-15(14)11-17/h6-7,11-13H,3-5,8-10H2,1-2H3,(H,20,23)(H,21,22). The van der Waals surface area contributed by atoms with Crippen LogP contribution in [0.5, 0.6) is 5.75 Å². The Hall–Kier alpha value is -2.30. The molecule has 0 atom stereocenters. The van der Waals surface area contributed by atoms with E-state index in [2.05, 4.69) is 41.5 Å². The quantitative estimate of drug-likeness (QED) is 0.768. The van der Waals surface area contributed by atoms with Gasteiger partial charge in [-0.25, -0.2) is 0 Å². The van der Waals surface area contributed by atoms with Crippen molar-refractivity contribution in [2.75, 3.05) is 13.2 Å². The van der Waals surface area contributed by atoms with Crippen molar-refractivity contribution in [1.29, 1.82) is 0 Å². The van der Waals surface area contributed by atoms with Gasteiger partial charge in [0.15, 0.2) is 0 Å². The highest BCUT2D eigenvalue weighted by atomic mass is 16.5. The fraction of sp³-hybridized carbons (Fsp3) is 0.474. The van der Waals surface area contributed by atoms with Gasteiger partial charge in [0.05, 0.1) is 6.54 Å². The summed E-state index contributed by atoms with van der Waals surface area (Å²) in [6.45, 7) is 5.18. The molecular weight excluding hydrogens is 302 g/mol. The summed E-state index contributed by atoms with van der Waals surface area (Å²) in [5, 5.41) is 9.83. The van der Waals surface area contributed by atoms with Crippen molar-refractivity contribution in [3.8, 4) is 5.75 Å². The van der Waals surface area contributed by atoms with Crippen molar-refractivity contribution in [2.45, 2.75) is 39.5 Å². The number of ether oxygens (including phenoxy) is 1. The predicted molar refractivity (Wildman–Crippen MR) is 93.4 cm³/mol. The number of nitrogens with zero attached hydrogens (tertiary/aromatic N) is 1. The molecule has 0 spiro atoms. The molecule has 1 aliphatic carbocycles. The average Bonchev–Trinajstić information content (AvgIpc) is 3.19. The lowest BCUT2D eigenvalue weighted by atomic mass is 10.1. The molecule has 0 bridgehead atoms. The van der Waals surface area contributed by atoms with Crippen LogP contribution in [0.1, 0.15) is 47.6 Å². The van der Waals surface area contributed by atoms with Crippen LogP contribution in [0, 0.1) is 5.92 Å². The Morgan fingerprint density at radius 3 is 2.96 bits per heavy atom. The minimum absolute atomic E-state index is 0.168. The topological polar surface area (TPSA) is 67.0 Å². The summed E-state index contributed by atoms with van der Waals surface area (Å²) < 4.78 is 5.73. The second-order valence-electron chi connectivity index (χ2n) is 6.76. The first kappa shape index (κ1) is 16.6. The van der Waals surface area contributed by atoms with Gasteiger partial charge in [-0.05, 0) is 60.9 Å². The van der Waals surface area contributed by atoms with Gasteiger partial charge >= 0.3 is 0 Å². The molecule has 2 aromatic rings. The van der Waals surface area contributed by atoms with E-state index in [-0.39, 0.29) is 5.91 Å². The molecular formula is C19H25N3O2. The van der Waals surface area contributed by atoms with Gasteiger partial charge in [0, 0.05) is 5.69 Å². The van der Waals surface area contributed by atoms with Gasteiger partial charge < -0.3 is 10.1 Å². The minimum Gasteiger partial charge on any atom is -0.492 e. The molecule has 0 unspecified atom stereocenters. The number of rotatable bonds is 7. The van der Waals surface area contributed by atoms with E-state index >= 15 is 0 Å². The highest BCUT2D eigenvalue weighted by Gasteiger charge is 2.12. The van der Waals surface area contributed by atoms with Crippen molar-refractivity contribution in [1.82, 2.24) is 15.5 Å². The predicted octanol–water partition coefficient (Wildman–Crippen LogP) is 2.91. The third kappa shape index (κ3) is 4.16. The molecule has 0 radical (unpaired) electrons. The Bertz CT molecular complexity index is 706. The number of hydrogen-bond donors (Lipinski definition) is 2. The summed E-state index contributed by atoms with van der Waals surface area (Å²) in [4.78, 5) is 12.1. The summed E-state index contributed by atoms with van der Waals surface area (Å²) >= 11 is 0. The molecule has 0 aliphatic heterocycles. The minimum atomic E-state index is -0.168. The maximum Gasteiger partial charge on any atom is 0.271 e. The number of hydrogen-bond acceptors (Lipinski definition) is 3. The molecule has 24 heavy (non-hydrogen) atoms. The Kier molecular flexibility index (Phi) is 5.18. The van der Waals surface area contributed by atoms with Crippen molar-refractivity contribution >= 4 is 5.91 Å². The van der Waals surface area contributed by atoms with Crippen LogP contribution in [0.4, 0.5) is 0 Å². The summed E-state index contributed by atoms with van der Waals surface area (Å²) in [5.41, 5.74) is 4.25. The fourth-order valence-electron chi connectivity index (χ4n) is 3.08. The van der Waals surface area contributed by atoms with Gasteiger partial charge in [-0.2, -0.15) is 5.10 Å². The zero-order valence-electron chi connectivity index (χ0n) is 14.4. The highest BCUT2D eigenvalue weighted by Crippen LogP contribution is 2.25. The number of carbonyl (C=O) groups is 1. The number of amides is 1. The van der Waals surface area contributed by atoms with E-state index in [4.69, 9.17) is 4.74 Å². The van der Waals surface area contributed by atoms with Crippen LogP contribution in [0.15, 0.2) is 24.3 Å². The summed E-state index contributed by atoms with van der Waals surface area (Å²) in [5.74, 6) is 1.24. The van der Waals surface area contributed by atoms with Crippen LogP contribution in [0.3, 0.4) is 0 Å². The SMILES string of the molecule is CC(C)Cc1cc(C(=O)NCCOc2ccc3c(c2)CCC3)n[nH]1. The van der Waals surface area contributed by atoms with Crippen LogP contribution >= 0.6 is 0 Å². The molecule has 0 fully saturated rings. The first-order chi connectivity index (χ1) is 11.6. The first-order valence-corrected chi connectivity index (χ1v) is 8.69. The molecule has 1 aromatic heterocycles. The molecule has 5 nitrogen and oxygen atoms in total. The normalized spacial score (nSPS) is 13.1. The smallest absolute Gasteiger partial charge is 0.271 e. The number of aromatic amines is 1. The molecule has 1 aromatic carbocycles. The molecule has 3 rings (SSSR count). The monoisotopic (exact) mass is 327 g/mol. The zero-order chi connectivity index (χ0) is 16.9. The van der Waals surface area contributed by atoms with Crippen LogP contribution < -0.4 is 10.1 Å². The molecule has 1 aliphatic rings. The second-order valence-corrected chi connectivity index (χ2v) is 6.76. The lowest BCUT2D eigenvalue weighted by molar-refractivity contribution is 0.0942. The fourth-order valence-corrected chi connectivity index (χ4v) is 3.08. The number of nitrogens with one attached hydrogen (secondary N) is 2. The van der Waals surface area contributed by atoms with Crippen molar-refractivity contribution in [2.24, 2.45) is 5.92 Å². The number of fused-ring (bicyclic) bond motifs is 1. The van der Waals surface area contributed by atoms with Crippen LogP contribution in [0.2, 0.25) is 0 Å². The van der Waals surface area contributed by atoms with Gasteiger partial charge in [0.2, 0.25) is 0 Å². The Morgan fingerprint density at radius 1 is 1.29 bits per heavy atom. The zero-order valence-corrected chi connectivity index (χ0v) is 14.4. The number of carbonyl (C=O) groups excluding carboxylic acids is 1. The van der Waals surface area contributed by atoms with Crippen LogP contribution in [0.25, 0.3) is 0 Å². The largest absolute Gasteiger partial charge is 0.492 e. The first-order valence-electron chi connectivity index (χ1n) is 8.69. The lowest BCUT2D eigenvalue weighted by Crippen LogP contribution is -2.28. The summed E-state index contributed by atoms with van der Waals surface area (Å²) in [6.07, 6.45) is 4.44. The van der Waals surface area contributed by atoms with E-state index in [1.807, 2.05) is 12.1 Å². The molecule has 0 saturated heterocycles. The number of H-pyrrole nitrogens is 1. The maximum atomic E-state index is 12.1. The number of benzene rings is 1. The van der Waals surface area contributed by atoms with E-state index in [9.17, 15) is 4.79 Å². The highest BCUT2D eigenvalue weighted by molar-refractivity contribution is 5.92. The van der Waals surface area contributed by atoms with Gasteiger partial charge in [-0.3, -0.25) is 9.89 Å². The summed E-state index contributed by atoms with van der Waals surface area (Å²) in [6, 6.07) is 8.10. The van der Waals surface area contributed by atoms with Gasteiger partial charge in [0.1, 0.15) is 18.1 Å². The Morgan fingerprint density at radius 2 is 2.12 bits per heavy atom. The van der Waals surface area contributed by atoms with Crippen molar-refractivity contribution < 1.29 is 9.53 Å². The second kappa shape index (κ2) is 7.51. The molecule has 128 valence electrons. The van der Waals surface area contributed by atoms with E-state index in [0.717, 1.165) is 24.3 Å². The van der Waals surface area contributed by atoms with Gasteiger partial charge in [-0.1, -0.05) is 19.9 Å². The Labute approximate surface area is 142 Å². The van der Waals surface area contributed by atoms with Crippen molar-refractivity contribution in [3.05, 3.63) is 46.8 Å². The lowest BCUT2D eigenvalue weighted by Gasteiger charge is -2.08. The van der Waals surface area contributed by atoms with E-state index < -0.39 is 0 Å². The number of aryl methyl sites for hydroxylation is 2. The van der Waals surface area contributed by atoms with Gasteiger partial charge in [-0.15, -0.1) is 0 Å². The average molecular weight is 327 g/mol. The molecule has 1 heterocycles. The van der Waals surface area contributed by atoms with Crippen LogP contribution in [-0.4, -0.2) is 29.3 Å². The van der Waals surface area contributed by atoms with Crippen LogP contribution in [-0.2, 0) is 19.3 Å².